The molecule has 0 aromatic rings. The summed E-state index contributed by atoms with van der Waals surface area (Å²) >= 11 is 0. The molecule has 4 heteroatoms. The van der Waals surface area contributed by atoms with Gasteiger partial charge in [-0.3, -0.25) is 14.5 Å². The van der Waals surface area contributed by atoms with Crippen molar-refractivity contribution >= 4 is 11.8 Å². The van der Waals surface area contributed by atoms with Crippen molar-refractivity contribution in [3.8, 4) is 0 Å². The molecule has 88 valence electrons. The largest absolute Gasteiger partial charge is 0.305 e. The SMILES string of the molecule is CN1C(=O)CC(NCC2(C3CC3)CC2)C1=O. The maximum Gasteiger partial charge on any atom is 0.246 e. The number of likely N-dealkylation sites (tertiary alicyclic amines) is 1. The maximum absolute atomic E-state index is 11.7. The van der Waals surface area contributed by atoms with Crippen LogP contribution in [0.4, 0.5) is 0 Å². The number of hydrogen-bond donors (Lipinski definition) is 1. The molecule has 4 nitrogen and oxygen atoms in total. The highest BCUT2D eigenvalue weighted by molar-refractivity contribution is 6.05. The molecule has 3 fully saturated rings. The van der Waals surface area contributed by atoms with Gasteiger partial charge in [0.1, 0.15) is 0 Å². The standard InChI is InChI=1S/C12H18N2O2/c1-14-10(15)6-9(11(14)16)13-7-12(4-5-12)8-2-3-8/h8-9,13H,2-7H2,1H3. The minimum atomic E-state index is -0.256. The van der Waals surface area contributed by atoms with Gasteiger partial charge in [-0.1, -0.05) is 0 Å². The molecule has 2 aliphatic carbocycles. The molecule has 0 radical (unpaired) electrons. The van der Waals surface area contributed by atoms with E-state index in [1.807, 2.05) is 0 Å². The number of amides is 2. The highest BCUT2D eigenvalue weighted by Crippen LogP contribution is 2.60. The number of likely N-dealkylation sites (N-methyl/N-ethyl adjacent to an activating group) is 1. The summed E-state index contributed by atoms with van der Waals surface area (Å²) < 4.78 is 0. The summed E-state index contributed by atoms with van der Waals surface area (Å²) in [5.41, 5.74) is 0.491. The normalized spacial score (nSPS) is 32.3. The highest BCUT2D eigenvalue weighted by atomic mass is 16.2. The molecule has 1 saturated heterocycles. The van der Waals surface area contributed by atoms with Crippen molar-refractivity contribution in [2.24, 2.45) is 11.3 Å². The summed E-state index contributed by atoms with van der Waals surface area (Å²) in [6, 6.07) is -0.256. The fourth-order valence-electron chi connectivity index (χ4n) is 2.83. The zero-order valence-corrected chi connectivity index (χ0v) is 9.66. The van der Waals surface area contributed by atoms with Gasteiger partial charge in [-0.25, -0.2) is 0 Å². The first-order valence-electron chi connectivity index (χ1n) is 6.16. The number of carbonyl (C=O) groups excluding carboxylic acids is 2. The van der Waals surface area contributed by atoms with Crippen LogP contribution in [0.3, 0.4) is 0 Å². The van der Waals surface area contributed by atoms with E-state index in [0.29, 0.717) is 11.8 Å². The number of rotatable bonds is 4. The monoisotopic (exact) mass is 222 g/mol. The van der Waals surface area contributed by atoms with E-state index in [4.69, 9.17) is 0 Å². The smallest absolute Gasteiger partial charge is 0.246 e. The van der Waals surface area contributed by atoms with E-state index < -0.39 is 0 Å². The van der Waals surface area contributed by atoms with Crippen LogP contribution in [0, 0.1) is 11.3 Å². The molecule has 1 heterocycles. The van der Waals surface area contributed by atoms with E-state index in [9.17, 15) is 9.59 Å². The zero-order chi connectivity index (χ0) is 11.3. The van der Waals surface area contributed by atoms with Crippen LogP contribution in [0.1, 0.15) is 32.1 Å². The van der Waals surface area contributed by atoms with E-state index >= 15 is 0 Å². The quantitative estimate of drug-likeness (QED) is 0.706. The number of nitrogens with one attached hydrogen (secondary N) is 1. The van der Waals surface area contributed by atoms with Crippen molar-refractivity contribution < 1.29 is 9.59 Å². The van der Waals surface area contributed by atoms with E-state index in [1.54, 1.807) is 7.05 Å². The second-order valence-electron chi connectivity index (χ2n) is 5.57. The minimum Gasteiger partial charge on any atom is -0.305 e. The summed E-state index contributed by atoms with van der Waals surface area (Å²) in [5, 5.41) is 3.30. The van der Waals surface area contributed by atoms with Crippen LogP contribution >= 0.6 is 0 Å². The van der Waals surface area contributed by atoms with Gasteiger partial charge in [0, 0.05) is 13.6 Å². The molecule has 16 heavy (non-hydrogen) atoms. The Bertz CT molecular complexity index is 345. The van der Waals surface area contributed by atoms with Gasteiger partial charge in [-0.2, -0.15) is 0 Å². The first-order chi connectivity index (χ1) is 7.62. The zero-order valence-electron chi connectivity index (χ0n) is 9.66. The number of carbonyl (C=O) groups is 2. The fourth-order valence-corrected chi connectivity index (χ4v) is 2.83. The van der Waals surface area contributed by atoms with Crippen LogP contribution in [0.2, 0.25) is 0 Å². The van der Waals surface area contributed by atoms with E-state index in [0.717, 1.165) is 12.5 Å². The third-order valence-corrected chi connectivity index (χ3v) is 4.42. The van der Waals surface area contributed by atoms with Crippen molar-refractivity contribution in [1.82, 2.24) is 10.2 Å². The summed E-state index contributed by atoms with van der Waals surface area (Å²) in [6.07, 6.45) is 5.67. The Hall–Kier alpha value is -0.900. The Balaban J connectivity index is 1.56. The Kier molecular flexibility index (Phi) is 2.11. The predicted octanol–water partition coefficient (Wildman–Crippen LogP) is 0.523. The average Bonchev–Trinajstić information content (AvgIpc) is 3.13. The van der Waals surface area contributed by atoms with Crippen LogP contribution < -0.4 is 5.32 Å². The first kappa shape index (κ1) is 10.3. The Morgan fingerprint density at radius 1 is 1.38 bits per heavy atom. The molecule has 3 aliphatic rings. The van der Waals surface area contributed by atoms with Gasteiger partial charge in [0.05, 0.1) is 12.5 Å². The first-order valence-corrected chi connectivity index (χ1v) is 6.16. The highest BCUT2D eigenvalue weighted by Gasteiger charge is 2.53. The topological polar surface area (TPSA) is 49.4 Å². The minimum absolute atomic E-state index is 0.0567. The summed E-state index contributed by atoms with van der Waals surface area (Å²) in [4.78, 5) is 24.3. The van der Waals surface area contributed by atoms with Crippen molar-refractivity contribution in [2.75, 3.05) is 13.6 Å². The van der Waals surface area contributed by atoms with Gasteiger partial charge in [-0.15, -0.1) is 0 Å². The van der Waals surface area contributed by atoms with Gasteiger partial charge in [-0.05, 0) is 37.0 Å². The molecular formula is C12H18N2O2. The van der Waals surface area contributed by atoms with E-state index in [1.165, 1.54) is 30.6 Å². The third kappa shape index (κ3) is 1.56. The van der Waals surface area contributed by atoms with Gasteiger partial charge in [0.2, 0.25) is 11.8 Å². The summed E-state index contributed by atoms with van der Waals surface area (Å²) in [5.74, 6) is 0.778. The van der Waals surface area contributed by atoms with Crippen LogP contribution in [-0.4, -0.2) is 36.3 Å². The lowest BCUT2D eigenvalue weighted by molar-refractivity contribution is -0.137. The van der Waals surface area contributed by atoms with Crippen molar-refractivity contribution in [3.63, 3.8) is 0 Å². The van der Waals surface area contributed by atoms with Gasteiger partial charge in [0.25, 0.3) is 0 Å². The van der Waals surface area contributed by atoms with Gasteiger partial charge < -0.3 is 5.32 Å². The second-order valence-corrected chi connectivity index (χ2v) is 5.57. The summed E-state index contributed by atoms with van der Waals surface area (Å²) in [6.45, 7) is 0.926. The average molecular weight is 222 g/mol. The number of nitrogens with zero attached hydrogens (tertiary/aromatic N) is 1. The predicted molar refractivity (Wildman–Crippen MR) is 58.6 cm³/mol. The van der Waals surface area contributed by atoms with Crippen LogP contribution in [0.25, 0.3) is 0 Å². The third-order valence-electron chi connectivity index (χ3n) is 4.42. The molecule has 1 aliphatic heterocycles. The summed E-state index contributed by atoms with van der Waals surface area (Å²) in [7, 11) is 1.57. The lowest BCUT2D eigenvalue weighted by atomic mass is 10.0. The number of imide groups is 1. The van der Waals surface area contributed by atoms with Crippen molar-refractivity contribution in [2.45, 2.75) is 38.1 Å². The molecule has 2 saturated carbocycles. The second kappa shape index (κ2) is 3.29. The van der Waals surface area contributed by atoms with E-state index in [2.05, 4.69) is 5.32 Å². The Labute approximate surface area is 95.4 Å². The molecule has 1 N–H and O–H groups in total. The molecule has 2 amide bonds. The van der Waals surface area contributed by atoms with Crippen molar-refractivity contribution in [1.29, 1.82) is 0 Å². The molecule has 0 aromatic heterocycles. The molecule has 3 rings (SSSR count). The molecular weight excluding hydrogens is 204 g/mol. The van der Waals surface area contributed by atoms with Crippen molar-refractivity contribution in [3.05, 3.63) is 0 Å². The lowest BCUT2D eigenvalue weighted by Gasteiger charge is -2.17. The fraction of sp³-hybridized carbons (Fsp3) is 0.833. The molecule has 0 spiro atoms. The maximum atomic E-state index is 11.7. The Morgan fingerprint density at radius 2 is 2.06 bits per heavy atom. The van der Waals surface area contributed by atoms with Crippen LogP contribution in [-0.2, 0) is 9.59 Å². The van der Waals surface area contributed by atoms with Crippen LogP contribution in [0.5, 0.6) is 0 Å². The molecule has 0 bridgehead atoms. The van der Waals surface area contributed by atoms with Crippen LogP contribution in [0.15, 0.2) is 0 Å². The van der Waals surface area contributed by atoms with Gasteiger partial charge >= 0.3 is 0 Å². The molecule has 1 atom stereocenters. The number of hydrogen-bond acceptors (Lipinski definition) is 3. The molecule has 1 unspecified atom stereocenters. The van der Waals surface area contributed by atoms with Gasteiger partial charge in [0.15, 0.2) is 0 Å². The lowest BCUT2D eigenvalue weighted by Crippen LogP contribution is -2.40. The Morgan fingerprint density at radius 3 is 2.50 bits per heavy atom. The molecule has 0 aromatic carbocycles. The van der Waals surface area contributed by atoms with E-state index in [-0.39, 0.29) is 17.9 Å².